The van der Waals surface area contributed by atoms with Gasteiger partial charge in [-0.15, -0.1) is 22.7 Å². The van der Waals surface area contributed by atoms with Crippen molar-refractivity contribution in [3.63, 3.8) is 0 Å². The molecule has 1 unspecified atom stereocenters. The SMILES string of the molecule is CC(NCCc1ccc(Cl)s1)c1ccc(Cl)s1. The Balaban J connectivity index is 1.78. The van der Waals surface area contributed by atoms with E-state index in [-0.39, 0.29) is 0 Å². The summed E-state index contributed by atoms with van der Waals surface area (Å²) in [6, 6.07) is 8.40. The van der Waals surface area contributed by atoms with Crippen LogP contribution in [0, 0.1) is 0 Å². The summed E-state index contributed by atoms with van der Waals surface area (Å²) < 4.78 is 1.71. The van der Waals surface area contributed by atoms with Gasteiger partial charge in [-0.2, -0.15) is 0 Å². The summed E-state index contributed by atoms with van der Waals surface area (Å²) in [6.45, 7) is 3.11. The van der Waals surface area contributed by atoms with E-state index >= 15 is 0 Å². The van der Waals surface area contributed by atoms with Gasteiger partial charge in [-0.1, -0.05) is 23.2 Å². The average Bonchev–Trinajstić information content (AvgIpc) is 2.88. The maximum absolute atomic E-state index is 5.91. The van der Waals surface area contributed by atoms with Crippen LogP contribution >= 0.6 is 45.9 Å². The van der Waals surface area contributed by atoms with Crippen molar-refractivity contribution >= 4 is 45.9 Å². The van der Waals surface area contributed by atoms with Gasteiger partial charge in [0, 0.05) is 22.3 Å². The molecule has 0 bridgehead atoms. The Kier molecular flexibility index (Phi) is 4.88. The molecule has 0 saturated carbocycles. The van der Waals surface area contributed by atoms with E-state index < -0.39 is 0 Å². The molecule has 2 heterocycles. The number of rotatable bonds is 5. The third-order valence-corrected chi connectivity index (χ3v) is 5.18. The van der Waals surface area contributed by atoms with Crippen LogP contribution < -0.4 is 5.32 Å². The second kappa shape index (κ2) is 6.21. The summed E-state index contributed by atoms with van der Waals surface area (Å²) in [5, 5.41) is 3.49. The van der Waals surface area contributed by atoms with Crippen molar-refractivity contribution in [2.24, 2.45) is 0 Å². The van der Waals surface area contributed by atoms with Crippen LogP contribution in [0.1, 0.15) is 22.7 Å². The van der Waals surface area contributed by atoms with Crippen LogP contribution in [-0.2, 0) is 6.42 Å². The summed E-state index contributed by atoms with van der Waals surface area (Å²) in [7, 11) is 0. The van der Waals surface area contributed by atoms with Gasteiger partial charge in [-0.3, -0.25) is 0 Å². The van der Waals surface area contributed by atoms with Gasteiger partial charge < -0.3 is 5.32 Å². The summed E-state index contributed by atoms with van der Waals surface area (Å²) in [5.74, 6) is 0. The Morgan fingerprint density at radius 2 is 1.82 bits per heavy atom. The standard InChI is InChI=1S/C12H13Cl2NS2/c1-8(10-3-5-12(14)17-10)15-7-6-9-2-4-11(13)16-9/h2-5,8,15H,6-7H2,1H3. The summed E-state index contributed by atoms with van der Waals surface area (Å²) in [6.07, 6.45) is 1.01. The zero-order chi connectivity index (χ0) is 12.3. The van der Waals surface area contributed by atoms with Crippen LogP contribution in [0.15, 0.2) is 24.3 Å². The minimum Gasteiger partial charge on any atom is -0.309 e. The molecule has 1 nitrogen and oxygen atoms in total. The monoisotopic (exact) mass is 305 g/mol. The van der Waals surface area contributed by atoms with Gasteiger partial charge in [0.2, 0.25) is 0 Å². The van der Waals surface area contributed by atoms with Crippen LogP contribution in [0.3, 0.4) is 0 Å². The molecule has 0 aliphatic rings. The molecule has 0 amide bonds. The first-order valence-corrected chi connectivity index (χ1v) is 7.77. The third kappa shape index (κ3) is 3.97. The molecular weight excluding hydrogens is 293 g/mol. The van der Waals surface area contributed by atoms with Gasteiger partial charge in [-0.25, -0.2) is 0 Å². The average molecular weight is 306 g/mol. The van der Waals surface area contributed by atoms with E-state index in [1.807, 2.05) is 12.1 Å². The quantitative estimate of drug-likeness (QED) is 0.819. The fraction of sp³-hybridized carbons (Fsp3) is 0.333. The molecule has 92 valence electrons. The molecule has 0 radical (unpaired) electrons. The molecule has 17 heavy (non-hydrogen) atoms. The molecule has 2 rings (SSSR count). The maximum Gasteiger partial charge on any atom is 0.0931 e. The molecule has 0 fully saturated rings. The highest BCUT2D eigenvalue weighted by molar-refractivity contribution is 7.16. The number of hydrogen-bond donors (Lipinski definition) is 1. The predicted octanol–water partition coefficient (Wildman–Crippen LogP) is 5.01. The highest BCUT2D eigenvalue weighted by atomic mass is 35.5. The minimum atomic E-state index is 0.350. The van der Waals surface area contributed by atoms with Crippen molar-refractivity contribution in [2.45, 2.75) is 19.4 Å². The van der Waals surface area contributed by atoms with Gasteiger partial charge in [0.25, 0.3) is 0 Å². The van der Waals surface area contributed by atoms with Crippen LogP contribution in [0.25, 0.3) is 0 Å². The molecule has 1 atom stereocenters. The number of nitrogens with one attached hydrogen (secondary N) is 1. The van der Waals surface area contributed by atoms with Crippen molar-refractivity contribution in [3.8, 4) is 0 Å². The zero-order valence-corrected chi connectivity index (χ0v) is 12.5. The normalized spacial score (nSPS) is 12.9. The van der Waals surface area contributed by atoms with Gasteiger partial charge in [0.05, 0.1) is 8.67 Å². The predicted molar refractivity (Wildman–Crippen MR) is 78.8 cm³/mol. The second-order valence-corrected chi connectivity index (χ2v) is 7.32. The van der Waals surface area contributed by atoms with E-state index in [4.69, 9.17) is 23.2 Å². The molecule has 0 aliphatic carbocycles. The fourth-order valence-electron chi connectivity index (χ4n) is 1.56. The zero-order valence-electron chi connectivity index (χ0n) is 9.37. The fourth-order valence-corrected chi connectivity index (χ4v) is 3.73. The van der Waals surface area contributed by atoms with E-state index in [2.05, 4.69) is 24.4 Å². The van der Waals surface area contributed by atoms with E-state index in [0.29, 0.717) is 6.04 Å². The van der Waals surface area contributed by atoms with Gasteiger partial charge in [-0.05, 0) is 37.6 Å². The molecular formula is C12H13Cl2NS2. The summed E-state index contributed by atoms with van der Waals surface area (Å²) in [5.41, 5.74) is 0. The minimum absolute atomic E-state index is 0.350. The lowest BCUT2D eigenvalue weighted by atomic mass is 10.2. The first kappa shape index (κ1) is 13.4. The van der Waals surface area contributed by atoms with Crippen LogP contribution in [0.2, 0.25) is 8.67 Å². The van der Waals surface area contributed by atoms with Crippen molar-refractivity contribution in [2.75, 3.05) is 6.54 Å². The Bertz CT molecular complexity index is 478. The first-order chi connectivity index (χ1) is 8.15. The molecule has 5 heteroatoms. The Labute approximate surface area is 119 Å². The van der Waals surface area contributed by atoms with Gasteiger partial charge in [0.1, 0.15) is 0 Å². The summed E-state index contributed by atoms with van der Waals surface area (Å²) in [4.78, 5) is 2.60. The Morgan fingerprint density at radius 1 is 1.12 bits per heavy atom. The molecule has 0 saturated heterocycles. The lowest BCUT2D eigenvalue weighted by molar-refractivity contribution is 0.586. The van der Waals surface area contributed by atoms with Crippen LogP contribution in [-0.4, -0.2) is 6.54 Å². The Morgan fingerprint density at radius 3 is 2.41 bits per heavy atom. The second-order valence-electron chi connectivity index (χ2n) is 3.77. The molecule has 2 aromatic rings. The maximum atomic E-state index is 5.91. The topological polar surface area (TPSA) is 12.0 Å². The van der Waals surface area contributed by atoms with E-state index in [1.165, 1.54) is 9.75 Å². The number of halogens is 2. The van der Waals surface area contributed by atoms with Crippen LogP contribution in [0.4, 0.5) is 0 Å². The molecule has 1 N–H and O–H groups in total. The molecule has 0 spiro atoms. The summed E-state index contributed by atoms with van der Waals surface area (Å²) >= 11 is 15.1. The highest BCUT2D eigenvalue weighted by Crippen LogP contribution is 2.26. The van der Waals surface area contributed by atoms with Crippen molar-refractivity contribution in [3.05, 3.63) is 42.7 Å². The van der Waals surface area contributed by atoms with Crippen molar-refractivity contribution < 1.29 is 0 Å². The van der Waals surface area contributed by atoms with E-state index in [9.17, 15) is 0 Å². The van der Waals surface area contributed by atoms with Crippen LogP contribution in [0.5, 0.6) is 0 Å². The largest absolute Gasteiger partial charge is 0.309 e. The highest BCUT2D eigenvalue weighted by Gasteiger charge is 2.07. The number of thiophene rings is 2. The molecule has 2 aromatic heterocycles. The smallest absolute Gasteiger partial charge is 0.0931 e. The first-order valence-electron chi connectivity index (χ1n) is 5.38. The lowest BCUT2D eigenvalue weighted by Gasteiger charge is -2.11. The van der Waals surface area contributed by atoms with Gasteiger partial charge >= 0.3 is 0 Å². The van der Waals surface area contributed by atoms with E-state index in [0.717, 1.165) is 21.6 Å². The van der Waals surface area contributed by atoms with Crippen molar-refractivity contribution in [1.29, 1.82) is 0 Å². The molecule has 0 aliphatic heterocycles. The Hall–Kier alpha value is -0.0600. The number of hydrogen-bond acceptors (Lipinski definition) is 3. The van der Waals surface area contributed by atoms with E-state index in [1.54, 1.807) is 22.7 Å². The van der Waals surface area contributed by atoms with Gasteiger partial charge in [0.15, 0.2) is 0 Å². The third-order valence-electron chi connectivity index (χ3n) is 2.47. The van der Waals surface area contributed by atoms with Crippen molar-refractivity contribution in [1.82, 2.24) is 5.32 Å². The lowest BCUT2D eigenvalue weighted by Crippen LogP contribution is -2.20. The molecule has 0 aromatic carbocycles.